The minimum absolute atomic E-state index is 0.0134. The average Bonchev–Trinajstić information content (AvgIpc) is 3.39. The van der Waals surface area contributed by atoms with Crippen molar-refractivity contribution in [3.8, 4) is 28.7 Å². The van der Waals surface area contributed by atoms with Crippen molar-refractivity contribution in [2.24, 2.45) is 0 Å². The lowest BCUT2D eigenvalue weighted by Gasteiger charge is -2.45. The summed E-state index contributed by atoms with van der Waals surface area (Å²) in [4.78, 5) is 26.3. The minimum atomic E-state index is -1.70. The second-order valence-electron chi connectivity index (χ2n) is 8.35. The lowest BCUT2D eigenvalue weighted by atomic mass is 9.76. The highest BCUT2D eigenvalue weighted by molar-refractivity contribution is 6.08. The molecule has 4 aliphatic heterocycles. The van der Waals surface area contributed by atoms with E-state index in [0.29, 0.717) is 46.3 Å². The number of hydrogen-bond acceptors (Lipinski definition) is 8. The van der Waals surface area contributed by atoms with Gasteiger partial charge in [0.15, 0.2) is 17.6 Å². The molecular weight excluding hydrogens is 416 g/mol. The van der Waals surface area contributed by atoms with Gasteiger partial charge in [-0.15, -0.1) is 0 Å². The number of benzene rings is 2. The van der Waals surface area contributed by atoms with E-state index in [2.05, 4.69) is 6.58 Å². The number of carbonyl (C=O) groups is 2. The van der Waals surface area contributed by atoms with Crippen LogP contribution in [0.15, 0.2) is 36.4 Å². The van der Waals surface area contributed by atoms with E-state index in [4.69, 9.17) is 28.4 Å². The predicted molar refractivity (Wildman–Crippen MR) is 110 cm³/mol. The Morgan fingerprint density at radius 2 is 1.84 bits per heavy atom. The monoisotopic (exact) mass is 436 g/mol. The lowest BCUT2D eigenvalue weighted by Crippen LogP contribution is -2.59. The molecule has 2 aromatic carbocycles. The molecule has 0 aliphatic carbocycles. The molecule has 0 aromatic heterocycles. The molecule has 0 radical (unpaired) electrons. The Balaban J connectivity index is 1.53. The zero-order chi connectivity index (χ0) is 22.2. The molecule has 4 heterocycles. The molecule has 8 heteroatoms. The van der Waals surface area contributed by atoms with Crippen LogP contribution in [0.4, 0.5) is 0 Å². The molecule has 0 amide bonds. The first kappa shape index (κ1) is 19.0. The van der Waals surface area contributed by atoms with Crippen molar-refractivity contribution < 1.29 is 38.0 Å². The zero-order valence-electron chi connectivity index (χ0n) is 17.6. The fourth-order valence-corrected chi connectivity index (χ4v) is 4.79. The highest BCUT2D eigenvalue weighted by Crippen LogP contribution is 2.53. The molecule has 164 valence electrons. The van der Waals surface area contributed by atoms with Crippen molar-refractivity contribution in [2.75, 3.05) is 13.4 Å². The van der Waals surface area contributed by atoms with Crippen LogP contribution in [0.2, 0.25) is 0 Å². The SMILES string of the molecule is C=C(C)C1Cc2c(ccc3c2OC2COc4cc5c(cc4C2(OC(C)=O)C3=O)OCO5)O1. The number of ether oxygens (including phenoxy) is 6. The molecule has 0 N–H and O–H groups in total. The molecular formula is C24H20O8. The quantitative estimate of drug-likeness (QED) is 0.524. The molecule has 0 saturated carbocycles. The second kappa shape index (κ2) is 6.41. The molecule has 0 bridgehead atoms. The Bertz CT molecular complexity index is 1210. The summed E-state index contributed by atoms with van der Waals surface area (Å²) < 4.78 is 34.9. The molecule has 0 saturated heterocycles. The fourth-order valence-electron chi connectivity index (χ4n) is 4.79. The Morgan fingerprint density at radius 3 is 2.59 bits per heavy atom. The highest BCUT2D eigenvalue weighted by Gasteiger charge is 2.60. The first-order chi connectivity index (χ1) is 15.4. The lowest BCUT2D eigenvalue weighted by molar-refractivity contribution is -0.168. The van der Waals surface area contributed by atoms with Crippen LogP contribution >= 0.6 is 0 Å². The Kier molecular flexibility index (Phi) is 3.82. The second-order valence-corrected chi connectivity index (χ2v) is 8.35. The molecule has 3 unspecified atom stereocenters. The number of fused-ring (bicyclic) bond motifs is 7. The maximum Gasteiger partial charge on any atom is 0.304 e. The molecule has 0 fully saturated rings. The fraction of sp³-hybridized carbons (Fsp3) is 0.333. The van der Waals surface area contributed by atoms with E-state index in [9.17, 15) is 9.59 Å². The van der Waals surface area contributed by atoms with E-state index in [-0.39, 0.29) is 25.3 Å². The summed E-state index contributed by atoms with van der Waals surface area (Å²) in [5.41, 5.74) is 0.696. The van der Waals surface area contributed by atoms with Gasteiger partial charge in [0, 0.05) is 25.0 Å². The van der Waals surface area contributed by atoms with Gasteiger partial charge in [-0.05, 0) is 30.7 Å². The third-order valence-electron chi connectivity index (χ3n) is 6.29. The first-order valence-corrected chi connectivity index (χ1v) is 10.3. The maximum absolute atomic E-state index is 14.0. The van der Waals surface area contributed by atoms with Gasteiger partial charge in [-0.2, -0.15) is 0 Å². The van der Waals surface area contributed by atoms with Crippen molar-refractivity contribution >= 4 is 11.8 Å². The topological polar surface area (TPSA) is 89.5 Å². The van der Waals surface area contributed by atoms with E-state index in [1.54, 1.807) is 24.3 Å². The minimum Gasteiger partial charge on any atom is -0.489 e. The summed E-state index contributed by atoms with van der Waals surface area (Å²) in [5.74, 6) is 1.47. The Morgan fingerprint density at radius 1 is 1.06 bits per heavy atom. The van der Waals surface area contributed by atoms with Crippen molar-refractivity contribution in [1.29, 1.82) is 0 Å². The van der Waals surface area contributed by atoms with Crippen LogP contribution < -0.4 is 23.7 Å². The van der Waals surface area contributed by atoms with E-state index in [1.165, 1.54) is 6.92 Å². The van der Waals surface area contributed by atoms with Crippen LogP contribution in [-0.2, 0) is 21.6 Å². The number of rotatable bonds is 2. The smallest absolute Gasteiger partial charge is 0.304 e. The van der Waals surface area contributed by atoms with Crippen LogP contribution in [0.1, 0.15) is 35.3 Å². The summed E-state index contributed by atoms with van der Waals surface area (Å²) in [6.45, 7) is 7.22. The van der Waals surface area contributed by atoms with E-state index < -0.39 is 17.7 Å². The molecule has 6 rings (SSSR count). The number of esters is 1. The van der Waals surface area contributed by atoms with E-state index in [1.807, 2.05) is 6.92 Å². The van der Waals surface area contributed by atoms with Crippen LogP contribution in [0.3, 0.4) is 0 Å². The van der Waals surface area contributed by atoms with E-state index >= 15 is 0 Å². The van der Waals surface area contributed by atoms with E-state index in [0.717, 1.165) is 11.1 Å². The summed E-state index contributed by atoms with van der Waals surface area (Å²) >= 11 is 0. The molecule has 4 aliphatic rings. The Hall–Kier alpha value is -3.68. The molecule has 3 atom stereocenters. The van der Waals surface area contributed by atoms with Gasteiger partial charge in [0.05, 0.1) is 11.1 Å². The van der Waals surface area contributed by atoms with Gasteiger partial charge in [-0.3, -0.25) is 9.59 Å². The van der Waals surface area contributed by atoms with Gasteiger partial charge < -0.3 is 28.4 Å². The summed E-state index contributed by atoms with van der Waals surface area (Å²) in [6, 6.07) is 6.68. The van der Waals surface area contributed by atoms with Crippen molar-refractivity contribution in [1.82, 2.24) is 0 Å². The number of Topliss-reactive ketones (excluding diaryl/α,β-unsaturated/α-hetero) is 1. The molecule has 0 spiro atoms. The van der Waals surface area contributed by atoms with Gasteiger partial charge in [0.2, 0.25) is 18.2 Å². The first-order valence-electron chi connectivity index (χ1n) is 10.3. The normalized spacial score (nSPS) is 25.9. The Labute approximate surface area is 183 Å². The van der Waals surface area contributed by atoms with Crippen molar-refractivity contribution in [3.05, 3.63) is 53.1 Å². The third kappa shape index (κ3) is 2.43. The van der Waals surface area contributed by atoms with Crippen molar-refractivity contribution in [2.45, 2.75) is 38.1 Å². The largest absolute Gasteiger partial charge is 0.489 e. The number of ketones is 1. The van der Waals surface area contributed by atoms with Gasteiger partial charge >= 0.3 is 5.97 Å². The predicted octanol–water partition coefficient (Wildman–Crippen LogP) is 3.09. The van der Waals surface area contributed by atoms with Crippen molar-refractivity contribution in [3.63, 3.8) is 0 Å². The van der Waals surface area contributed by atoms with Gasteiger partial charge in [0.25, 0.3) is 0 Å². The average molecular weight is 436 g/mol. The van der Waals surface area contributed by atoms with Gasteiger partial charge in [0.1, 0.15) is 30.0 Å². The summed E-state index contributed by atoms with van der Waals surface area (Å²) in [7, 11) is 0. The maximum atomic E-state index is 14.0. The summed E-state index contributed by atoms with van der Waals surface area (Å²) in [6.07, 6.45) is -0.516. The highest BCUT2D eigenvalue weighted by atomic mass is 16.7. The third-order valence-corrected chi connectivity index (χ3v) is 6.29. The number of carbonyl (C=O) groups excluding carboxylic acids is 2. The number of hydrogen-bond donors (Lipinski definition) is 0. The van der Waals surface area contributed by atoms with Crippen LogP contribution in [0, 0.1) is 0 Å². The van der Waals surface area contributed by atoms with Crippen LogP contribution in [0.25, 0.3) is 0 Å². The van der Waals surface area contributed by atoms with Gasteiger partial charge in [-0.1, -0.05) is 6.58 Å². The summed E-state index contributed by atoms with van der Waals surface area (Å²) in [5, 5.41) is 0. The molecule has 32 heavy (non-hydrogen) atoms. The van der Waals surface area contributed by atoms with Crippen LogP contribution in [0.5, 0.6) is 28.7 Å². The molecule has 2 aromatic rings. The zero-order valence-corrected chi connectivity index (χ0v) is 17.6. The van der Waals surface area contributed by atoms with Gasteiger partial charge in [-0.25, -0.2) is 0 Å². The van der Waals surface area contributed by atoms with Crippen LogP contribution in [-0.4, -0.2) is 37.4 Å². The molecule has 8 nitrogen and oxygen atoms in total. The standard InChI is InChI=1S/C24H20O8/c1-11(2)17-6-14-16(30-17)5-4-13-22(14)31-21-9-27-18-8-20-19(28-10-29-20)7-15(18)24(21,23(13)26)32-12(3)25/h4-5,7-8,17,21H,1,6,9-10H2,2-3H3.